The van der Waals surface area contributed by atoms with Gasteiger partial charge in [0.25, 0.3) is 0 Å². The number of allylic oxidation sites excluding steroid dienone is 2. The maximum Gasteiger partial charge on any atom is 0.249 e. The Morgan fingerprint density at radius 3 is 1.22 bits per heavy atom. The normalized spacial score (nSPS) is 14.3. The summed E-state index contributed by atoms with van der Waals surface area (Å²) in [6.45, 7) is 4.02. The number of unbranched alkanes of at least 4 members (excludes halogenated alkanes) is 28. The molecule has 0 aliphatic rings. The van der Waals surface area contributed by atoms with Crippen molar-refractivity contribution >= 4 is 5.91 Å². The van der Waals surface area contributed by atoms with E-state index < -0.39 is 36.9 Å². The van der Waals surface area contributed by atoms with Crippen LogP contribution in [0.4, 0.5) is 0 Å². The molecular weight excluding hydrogens is 610 g/mol. The summed E-state index contributed by atoms with van der Waals surface area (Å²) in [5.41, 5.74) is 0. The quantitative estimate of drug-likeness (QED) is 0.0325. The van der Waals surface area contributed by atoms with E-state index in [0.29, 0.717) is 12.8 Å². The van der Waals surface area contributed by atoms with Crippen LogP contribution in [0.1, 0.15) is 226 Å². The summed E-state index contributed by atoms with van der Waals surface area (Å²) in [5.74, 6) is -0.594. The highest BCUT2D eigenvalue weighted by Crippen LogP contribution is 2.16. The highest BCUT2D eigenvalue weighted by molar-refractivity contribution is 5.80. The molecule has 0 aliphatic carbocycles. The van der Waals surface area contributed by atoms with Gasteiger partial charge in [-0.3, -0.25) is 4.79 Å². The van der Waals surface area contributed by atoms with Crippen LogP contribution in [0.25, 0.3) is 0 Å². The van der Waals surface area contributed by atoms with Gasteiger partial charge < -0.3 is 25.7 Å². The van der Waals surface area contributed by atoms with E-state index in [0.717, 1.165) is 38.5 Å². The van der Waals surface area contributed by atoms with Crippen LogP contribution in [-0.4, -0.2) is 57.3 Å². The number of aliphatic hydroxyl groups is 4. The van der Waals surface area contributed by atoms with E-state index in [1.807, 2.05) is 0 Å². The van der Waals surface area contributed by atoms with Crippen molar-refractivity contribution in [3.05, 3.63) is 12.2 Å². The van der Waals surface area contributed by atoms with Gasteiger partial charge in [0.2, 0.25) is 5.91 Å². The zero-order chi connectivity index (χ0) is 36.0. The fourth-order valence-corrected chi connectivity index (χ4v) is 6.76. The van der Waals surface area contributed by atoms with Gasteiger partial charge in [-0.05, 0) is 38.5 Å². The van der Waals surface area contributed by atoms with E-state index in [2.05, 4.69) is 31.3 Å². The van der Waals surface area contributed by atoms with Crippen molar-refractivity contribution in [2.45, 2.75) is 250 Å². The zero-order valence-electron chi connectivity index (χ0n) is 32.7. The van der Waals surface area contributed by atoms with Gasteiger partial charge in [0.15, 0.2) is 0 Å². The van der Waals surface area contributed by atoms with Gasteiger partial charge >= 0.3 is 0 Å². The van der Waals surface area contributed by atoms with Gasteiger partial charge in [-0.2, -0.15) is 0 Å². The van der Waals surface area contributed by atoms with Crippen molar-refractivity contribution in [1.82, 2.24) is 5.32 Å². The number of nitrogens with one attached hydrogen (secondary N) is 1. The van der Waals surface area contributed by atoms with Gasteiger partial charge in [0.1, 0.15) is 12.2 Å². The van der Waals surface area contributed by atoms with Crippen molar-refractivity contribution in [2.75, 3.05) is 6.61 Å². The number of hydrogen-bond acceptors (Lipinski definition) is 5. The van der Waals surface area contributed by atoms with Crippen molar-refractivity contribution < 1.29 is 25.2 Å². The summed E-state index contributed by atoms with van der Waals surface area (Å²) in [7, 11) is 0. The third kappa shape index (κ3) is 32.7. The number of rotatable bonds is 39. The van der Waals surface area contributed by atoms with Crippen LogP contribution in [0.3, 0.4) is 0 Å². The molecule has 0 aliphatic heterocycles. The molecule has 4 atom stereocenters. The molecule has 0 aromatic heterocycles. The molecule has 0 fully saturated rings. The van der Waals surface area contributed by atoms with Gasteiger partial charge in [-0.15, -0.1) is 0 Å². The van der Waals surface area contributed by atoms with Crippen molar-refractivity contribution in [3.63, 3.8) is 0 Å². The molecule has 6 nitrogen and oxygen atoms in total. The van der Waals surface area contributed by atoms with Crippen LogP contribution >= 0.6 is 0 Å². The van der Waals surface area contributed by atoms with Crippen LogP contribution in [0, 0.1) is 0 Å². The van der Waals surface area contributed by atoms with Crippen LogP contribution in [0.15, 0.2) is 12.2 Å². The second kappa shape index (κ2) is 38.3. The Kier molecular flexibility index (Phi) is 37.5. The van der Waals surface area contributed by atoms with Crippen molar-refractivity contribution in [2.24, 2.45) is 0 Å². The molecule has 0 saturated carbocycles. The molecule has 0 rings (SSSR count). The van der Waals surface area contributed by atoms with Gasteiger partial charge in [0.05, 0.1) is 18.8 Å². The number of aliphatic hydroxyl groups excluding tert-OH is 4. The monoisotopic (exact) mass is 696 g/mol. The van der Waals surface area contributed by atoms with E-state index in [4.69, 9.17) is 0 Å². The smallest absolute Gasteiger partial charge is 0.249 e. The maximum absolute atomic E-state index is 12.4. The van der Waals surface area contributed by atoms with Gasteiger partial charge in [0, 0.05) is 0 Å². The van der Waals surface area contributed by atoms with E-state index in [1.165, 1.54) is 161 Å². The second-order valence-electron chi connectivity index (χ2n) is 15.0. The lowest BCUT2D eigenvalue weighted by Crippen LogP contribution is -2.53. The Balaban J connectivity index is 3.70. The van der Waals surface area contributed by atoms with Crippen LogP contribution in [0.2, 0.25) is 0 Å². The SMILES string of the molecule is CCCCCCCCCCCCCCCCCCCC/C=C/CCCC(O)C(O)C(CO)NC(=O)C(O)CCCCCCCCCCCC. The number of hydrogen-bond donors (Lipinski definition) is 5. The van der Waals surface area contributed by atoms with Crippen LogP contribution in [-0.2, 0) is 4.79 Å². The lowest BCUT2D eigenvalue weighted by atomic mass is 10.00. The molecule has 0 aromatic rings. The average Bonchev–Trinajstić information content (AvgIpc) is 3.11. The molecule has 6 heteroatoms. The molecule has 0 saturated heterocycles. The fraction of sp³-hybridized carbons (Fsp3) is 0.930. The lowest BCUT2D eigenvalue weighted by molar-refractivity contribution is -0.132. The van der Waals surface area contributed by atoms with Crippen molar-refractivity contribution in [1.29, 1.82) is 0 Å². The minimum atomic E-state index is -1.28. The summed E-state index contributed by atoms with van der Waals surface area (Å²) < 4.78 is 0. The molecule has 1 amide bonds. The standard InChI is InChI=1S/C43H85NO5/c1-3-5-7-9-11-13-15-16-17-18-19-20-21-22-23-24-25-26-27-29-30-32-34-36-40(46)42(48)39(38-45)44-43(49)41(47)37-35-33-31-28-14-12-10-8-6-4-2/h29-30,39-42,45-48H,3-28,31-38H2,1-2H3,(H,44,49)/b30-29+. The highest BCUT2D eigenvalue weighted by atomic mass is 16.3. The number of carbonyl (C=O) groups excluding carboxylic acids is 1. The van der Waals surface area contributed by atoms with Gasteiger partial charge in [-0.1, -0.05) is 199 Å². The molecule has 0 bridgehead atoms. The molecule has 0 heterocycles. The molecule has 0 radical (unpaired) electrons. The zero-order valence-corrected chi connectivity index (χ0v) is 32.7. The van der Waals surface area contributed by atoms with Crippen molar-refractivity contribution in [3.8, 4) is 0 Å². The average molecular weight is 696 g/mol. The molecule has 292 valence electrons. The summed E-state index contributed by atoms with van der Waals surface area (Å²) in [6, 6.07) is -0.995. The first-order valence-corrected chi connectivity index (χ1v) is 21.6. The first-order chi connectivity index (χ1) is 24.0. The highest BCUT2D eigenvalue weighted by Gasteiger charge is 2.28. The first kappa shape index (κ1) is 48.0. The molecule has 0 aromatic carbocycles. The predicted molar refractivity (Wildman–Crippen MR) is 210 cm³/mol. The van der Waals surface area contributed by atoms with E-state index in [-0.39, 0.29) is 0 Å². The maximum atomic E-state index is 12.4. The second-order valence-corrected chi connectivity index (χ2v) is 15.0. The van der Waals surface area contributed by atoms with E-state index in [9.17, 15) is 25.2 Å². The summed E-state index contributed by atoms with van der Waals surface area (Å²) in [6.07, 6.45) is 41.2. The molecule has 49 heavy (non-hydrogen) atoms. The molecule has 4 unspecified atom stereocenters. The summed E-state index contributed by atoms with van der Waals surface area (Å²) >= 11 is 0. The molecule has 5 N–H and O–H groups in total. The van der Waals surface area contributed by atoms with E-state index in [1.54, 1.807) is 0 Å². The fourth-order valence-electron chi connectivity index (χ4n) is 6.76. The Morgan fingerprint density at radius 1 is 0.490 bits per heavy atom. The minimum Gasteiger partial charge on any atom is -0.394 e. The van der Waals surface area contributed by atoms with E-state index >= 15 is 0 Å². The third-order valence-corrected chi connectivity index (χ3v) is 10.2. The first-order valence-electron chi connectivity index (χ1n) is 21.6. The molecular formula is C43H85NO5. The summed E-state index contributed by atoms with van der Waals surface area (Å²) in [4.78, 5) is 12.4. The predicted octanol–water partition coefficient (Wildman–Crippen LogP) is 11.0. The topological polar surface area (TPSA) is 110 Å². The Labute approximate surface area is 304 Å². The van der Waals surface area contributed by atoms with Crippen LogP contribution < -0.4 is 5.32 Å². The number of carbonyl (C=O) groups is 1. The van der Waals surface area contributed by atoms with Crippen LogP contribution in [0.5, 0.6) is 0 Å². The third-order valence-electron chi connectivity index (χ3n) is 10.2. The van der Waals surface area contributed by atoms with Gasteiger partial charge in [-0.25, -0.2) is 0 Å². The lowest BCUT2D eigenvalue weighted by Gasteiger charge is -2.27. The largest absolute Gasteiger partial charge is 0.394 e. The Morgan fingerprint density at radius 2 is 0.837 bits per heavy atom. The minimum absolute atomic E-state index is 0.366. The Hall–Kier alpha value is -0.950. The number of amides is 1. The summed E-state index contributed by atoms with van der Waals surface area (Å²) in [5, 5.41) is 43.5. The molecule has 0 spiro atoms. The Bertz CT molecular complexity index is 702.